The van der Waals surface area contributed by atoms with Gasteiger partial charge in [0.15, 0.2) is 4.83 Å². The van der Waals surface area contributed by atoms with Gasteiger partial charge in [0.05, 0.1) is 17.3 Å². The largest absolute Gasteiger partial charge is 0.465 e. The van der Waals surface area contributed by atoms with Crippen LogP contribution in [0.25, 0.3) is 0 Å². The van der Waals surface area contributed by atoms with Crippen LogP contribution in [-0.2, 0) is 14.3 Å². The fourth-order valence-electron chi connectivity index (χ4n) is 1.30. The molecule has 4 nitrogen and oxygen atoms in total. The highest BCUT2D eigenvalue weighted by Crippen LogP contribution is 2.25. The molecule has 0 aliphatic heterocycles. The first kappa shape index (κ1) is 15.0. The molecule has 1 N–H and O–H groups in total. The van der Waals surface area contributed by atoms with E-state index in [0.29, 0.717) is 10.7 Å². The molecule has 0 radical (unpaired) electrons. The zero-order chi connectivity index (χ0) is 13.7. The summed E-state index contributed by atoms with van der Waals surface area (Å²) in [4.78, 5) is 22.1. The van der Waals surface area contributed by atoms with E-state index in [0.717, 1.165) is 5.56 Å². The molecule has 0 saturated carbocycles. The Bertz CT molecular complexity index is 444. The number of aryl methyl sites for hydroxylation is 1. The third-order valence-electron chi connectivity index (χ3n) is 2.19. The molecule has 0 aromatic heterocycles. The summed E-state index contributed by atoms with van der Waals surface area (Å²) in [6, 6.07) is 5.26. The molecule has 0 fully saturated rings. The molecule has 0 aliphatic rings. The second-order valence-corrected chi connectivity index (χ2v) is 4.86. The Morgan fingerprint density at radius 1 is 1.50 bits per heavy atom. The van der Waals surface area contributed by atoms with Crippen LogP contribution in [0.4, 0.5) is 5.69 Å². The molecule has 6 heteroatoms. The van der Waals surface area contributed by atoms with Crippen molar-refractivity contribution in [2.24, 2.45) is 0 Å². The highest BCUT2D eigenvalue weighted by atomic mass is 79.9. The van der Waals surface area contributed by atoms with E-state index in [1.807, 2.05) is 13.0 Å². The lowest BCUT2D eigenvalue weighted by Crippen LogP contribution is -2.31. The molecule has 0 spiro atoms. The van der Waals surface area contributed by atoms with Gasteiger partial charge in [-0.15, -0.1) is 0 Å². The molecule has 0 saturated heterocycles. The summed E-state index contributed by atoms with van der Waals surface area (Å²) in [5.74, 6) is -1.13. The fraction of sp³-hybridized carbons (Fsp3) is 0.333. The van der Waals surface area contributed by atoms with E-state index in [1.165, 1.54) is 0 Å². The Kier molecular flexibility index (Phi) is 5.62. The Balaban J connectivity index is 2.79. The maximum Gasteiger partial charge on any atom is 0.329 e. The van der Waals surface area contributed by atoms with Crippen molar-refractivity contribution in [1.29, 1.82) is 0 Å². The zero-order valence-electron chi connectivity index (χ0n) is 10.00. The average molecular weight is 335 g/mol. The summed E-state index contributed by atoms with van der Waals surface area (Å²) in [6.45, 7) is 3.71. The zero-order valence-corrected chi connectivity index (χ0v) is 12.3. The van der Waals surface area contributed by atoms with E-state index >= 15 is 0 Å². The highest BCUT2D eigenvalue weighted by molar-refractivity contribution is 9.10. The standard InChI is InChI=1S/C12H13BrClNO3/c1-3-18-12(17)9(13)11(16)15-10-7(2)5-4-6-8(10)14/h4-6,9H,3H2,1-2H3,(H,15,16). The second kappa shape index (κ2) is 6.75. The lowest BCUT2D eigenvalue weighted by atomic mass is 10.2. The van der Waals surface area contributed by atoms with Crippen molar-refractivity contribution in [2.45, 2.75) is 18.7 Å². The first-order chi connectivity index (χ1) is 8.47. The number of ether oxygens (including phenoxy) is 1. The van der Waals surface area contributed by atoms with Crippen LogP contribution in [0.15, 0.2) is 18.2 Å². The molecule has 1 aromatic rings. The Labute approximate surface area is 119 Å². The van der Waals surface area contributed by atoms with Gasteiger partial charge in [0.25, 0.3) is 0 Å². The van der Waals surface area contributed by atoms with E-state index < -0.39 is 16.7 Å². The van der Waals surface area contributed by atoms with Crippen molar-refractivity contribution in [3.63, 3.8) is 0 Å². The van der Waals surface area contributed by atoms with Gasteiger partial charge in [0, 0.05) is 0 Å². The topological polar surface area (TPSA) is 55.4 Å². The predicted molar refractivity (Wildman–Crippen MR) is 74.2 cm³/mol. The molecule has 1 aromatic carbocycles. The number of anilines is 1. The number of rotatable bonds is 4. The number of nitrogens with one attached hydrogen (secondary N) is 1. The van der Waals surface area contributed by atoms with Gasteiger partial charge in [0.2, 0.25) is 5.91 Å². The second-order valence-electron chi connectivity index (χ2n) is 3.54. The predicted octanol–water partition coefficient (Wildman–Crippen LogP) is 2.91. The average Bonchev–Trinajstić information content (AvgIpc) is 2.33. The van der Waals surface area contributed by atoms with Gasteiger partial charge in [-0.05, 0) is 25.5 Å². The van der Waals surface area contributed by atoms with Gasteiger partial charge in [-0.1, -0.05) is 39.7 Å². The van der Waals surface area contributed by atoms with Crippen LogP contribution in [0.1, 0.15) is 12.5 Å². The van der Waals surface area contributed by atoms with Crippen LogP contribution in [0.3, 0.4) is 0 Å². The highest BCUT2D eigenvalue weighted by Gasteiger charge is 2.25. The number of esters is 1. The molecule has 98 valence electrons. The number of alkyl halides is 1. The summed E-state index contributed by atoms with van der Waals surface area (Å²) in [6.07, 6.45) is 0. The van der Waals surface area contributed by atoms with Gasteiger partial charge in [0.1, 0.15) is 0 Å². The van der Waals surface area contributed by atoms with Crippen LogP contribution in [-0.4, -0.2) is 23.3 Å². The first-order valence-corrected chi connectivity index (χ1v) is 6.63. The molecule has 0 bridgehead atoms. The Hall–Kier alpha value is -1.07. The molecule has 0 aliphatic carbocycles. The van der Waals surface area contributed by atoms with E-state index in [-0.39, 0.29) is 6.61 Å². The Morgan fingerprint density at radius 2 is 2.17 bits per heavy atom. The van der Waals surface area contributed by atoms with Crippen molar-refractivity contribution in [3.05, 3.63) is 28.8 Å². The van der Waals surface area contributed by atoms with Gasteiger partial charge < -0.3 is 10.1 Å². The van der Waals surface area contributed by atoms with Crippen molar-refractivity contribution >= 4 is 45.1 Å². The molecule has 1 rings (SSSR count). The van der Waals surface area contributed by atoms with Gasteiger partial charge in [-0.25, -0.2) is 0 Å². The first-order valence-electron chi connectivity index (χ1n) is 5.34. The van der Waals surface area contributed by atoms with Crippen molar-refractivity contribution in [3.8, 4) is 0 Å². The molecular formula is C12H13BrClNO3. The maximum atomic E-state index is 11.8. The van der Waals surface area contributed by atoms with Gasteiger partial charge in [-0.2, -0.15) is 0 Å². The molecular weight excluding hydrogens is 321 g/mol. The van der Waals surface area contributed by atoms with Crippen molar-refractivity contribution in [2.75, 3.05) is 11.9 Å². The number of para-hydroxylation sites is 1. The molecule has 1 amide bonds. The third-order valence-corrected chi connectivity index (χ3v) is 3.30. The number of hydrogen-bond donors (Lipinski definition) is 1. The summed E-state index contributed by atoms with van der Waals surface area (Å²) in [5, 5.41) is 3.02. The van der Waals surface area contributed by atoms with Gasteiger partial charge >= 0.3 is 5.97 Å². The SMILES string of the molecule is CCOC(=O)C(Br)C(=O)Nc1c(C)cccc1Cl. The normalized spacial score (nSPS) is 11.8. The lowest BCUT2D eigenvalue weighted by Gasteiger charge is -2.13. The van der Waals surface area contributed by atoms with Crippen LogP contribution in [0, 0.1) is 6.92 Å². The number of benzene rings is 1. The summed E-state index contributed by atoms with van der Waals surface area (Å²) >= 11 is 8.96. The van der Waals surface area contributed by atoms with Crippen molar-refractivity contribution < 1.29 is 14.3 Å². The maximum absolute atomic E-state index is 11.8. The molecule has 1 atom stereocenters. The smallest absolute Gasteiger partial charge is 0.329 e. The summed E-state index contributed by atoms with van der Waals surface area (Å²) in [5.41, 5.74) is 1.32. The number of amides is 1. The molecule has 1 unspecified atom stereocenters. The fourth-order valence-corrected chi connectivity index (χ4v) is 1.81. The number of halogens is 2. The monoisotopic (exact) mass is 333 g/mol. The number of carbonyl (C=O) groups excluding carboxylic acids is 2. The lowest BCUT2D eigenvalue weighted by molar-refractivity contribution is -0.144. The van der Waals surface area contributed by atoms with Crippen LogP contribution < -0.4 is 5.32 Å². The van der Waals surface area contributed by atoms with Crippen molar-refractivity contribution in [1.82, 2.24) is 0 Å². The van der Waals surface area contributed by atoms with E-state index in [4.69, 9.17) is 16.3 Å². The summed E-state index contributed by atoms with van der Waals surface area (Å²) in [7, 11) is 0. The van der Waals surface area contributed by atoms with Crippen LogP contribution in [0.5, 0.6) is 0 Å². The molecule has 18 heavy (non-hydrogen) atoms. The number of carbonyl (C=O) groups is 2. The quantitative estimate of drug-likeness (QED) is 0.523. The minimum absolute atomic E-state index is 0.222. The minimum atomic E-state index is -1.05. The summed E-state index contributed by atoms with van der Waals surface area (Å²) < 4.78 is 4.74. The van der Waals surface area contributed by atoms with Crippen LogP contribution in [0.2, 0.25) is 5.02 Å². The third kappa shape index (κ3) is 3.71. The van der Waals surface area contributed by atoms with Gasteiger partial charge in [-0.3, -0.25) is 9.59 Å². The van der Waals surface area contributed by atoms with Crippen LogP contribution >= 0.6 is 27.5 Å². The van der Waals surface area contributed by atoms with E-state index in [9.17, 15) is 9.59 Å². The molecule has 0 heterocycles. The Morgan fingerprint density at radius 3 is 2.72 bits per heavy atom. The van der Waals surface area contributed by atoms with E-state index in [1.54, 1.807) is 19.1 Å². The minimum Gasteiger partial charge on any atom is -0.465 e. The number of hydrogen-bond acceptors (Lipinski definition) is 3. The van der Waals surface area contributed by atoms with E-state index in [2.05, 4.69) is 21.2 Å².